The van der Waals surface area contributed by atoms with E-state index >= 15 is 0 Å². The Balaban J connectivity index is 1.98. The number of carbonyl (C=O) groups excluding carboxylic acids is 2. The van der Waals surface area contributed by atoms with Crippen LogP contribution in [0.15, 0.2) is 91.0 Å². The first-order chi connectivity index (χ1) is 16.6. The average molecular weight is 499 g/mol. The van der Waals surface area contributed by atoms with Crippen molar-refractivity contribution in [2.45, 2.75) is 19.2 Å². The lowest BCUT2D eigenvalue weighted by Crippen LogP contribution is -2.57. The third-order valence-electron chi connectivity index (χ3n) is 4.50. The molecule has 0 N–H and O–H groups in total. The van der Waals surface area contributed by atoms with Gasteiger partial charge in [-0.05, 0) is 36.8 Å². The van der Waals surface area contributed by atoms with E-state index in [0.29, 0.717) is 11.5 Å². The van der Waals surface area contributed by atoms with Crippen LogP contribution in [0.3, 0.4) is 0 Å². The van der Waals surface area contributed by atoms with Gasteiger partial charge in [0.25, 0.3) is 7.36 Å². The summed E-state index contributed by atoms with van der Waals surface area (Å²) in [4.78, 5) is 26.9. The number of ether oxygens (including phenoxy) is 4. The van der Waals surface area contributed by atoms with Gasteiger partial charge in [0.05, 0.1) is 6.61 Å². The first-order valence-corrected chi connectivity index (χ1v) is 12.7. The fraction of sp³-hybridized carbons (Fsp3) is 0.200. The molecule has 3 rings (SSSR count). The number of carbonyl (C=O) groups is 2. The molecule has 0 aliphatic rings. The monoisotopic (exact) mass is 498 g/mol. The molecule has 1 atom stereocenters. The largest absolute Gasteiger partial charge is 0.525 e. The summed E-state index contributed by atoms with van der Waals surface area (Å²) in [5, 5.41) is 0. The Kier molecular flexibility index (Phi) is 9.38. The second kappa shape index (κ2) is 12.7. The summed E-state index contributed by atoms with van der Waals surface area (Å²) in [7, 11) is -0.528. The molecule has 176 valence electrons. The van der Waals surface area contributed by atoms with Crippen LogP contribution in [-0.4, -0.2) is 35.8 Å². The van der Waals surface area contributed by atoms with Crippen molar-refractivity contribution in [3.63, 3.8) is 0 Å². The lowest BCUT2D eigenvalue weighted by molar-refractivity contribution is -0.163. The molecule has 1 amide bonds. The van der Waals surface area contributed by atoms with Gasteiger partial charge in [-0.1, -0.05) is 66.7 Å². The van der Waals surface area contributed by atoms with Gasteiger partial charge in [0, 0.05) is 0 Å². The number of amides is 1. The molecule has 0 saturated heterocycles. The van der Waals surface area contributed by atoms with E-state index in [0.717, 1.165) is 10.5 Å². The van der Waals surface area contributed by atoms with Gasteiger partial charge in [0.15, 0.2) is 11.8 Å². The predicted octanol–water partition coefficient (Wildman–Crippen LogP) is 5.10. The molecule has 9 heteroatoms. The molecule has 7 nitrogen and oxygen atoms in total. The maximum absolute atomic E-state index is 13.3. The van der Waals surface area contributed by atoms with Crippen molar-refractivity contribution in [1.29, 1.82) is 0 Å². The molecule has 0 radical (unpaired) electrons. The first-order valence-electron chi connectivity index (χ1n) is 10.6. The zero-order valence-corrected chi connectivity index (χ0v) is 20.4. The fourth-order valence-corrected chi connectivity index (χ4v) is 4.13. The predicted molar refractivity (Wildman–Crippen MR) is 133 cm³/mol. The number of esters is 1. The van der Waals surface area contributed by atoms with Crippen LogP contribution >= 0.6 is 7.36 Å². The molecule has 3 aromatic rings. The highest BCUT2D eigenvalue weighted by Gasteiger charge is 2.54. The average Bonchev–Trinajstić information content (AvgIpc) is 2.87. The summed E-state index contributed by atoms with van der Waals surface area (Å²) < 4.78 is 23.0. The Morgan fingerprint density at radius 1 is 0.824 bits per heavy atom. The fourth-order valence-electron chi connectivity index (χ4n) is 2.95. The highest BCUT2D eigenvalue weighted by Crippen LogP contribution is 2.35. The quantitative estimate of drug-likeness (QED) is 0.207. The lowest BCUT2D eigenvalue weighted by Gasteiger charge is -2.32. The Labute approximate surface area is 205 Å². The van der Waals surface area contributed by atoms with Crippen molar-refractivity contribution >= 4 is 31.2 Å². The maximum Gasteiger partial charge on any atom is 0.525 e. The molecule has 34 heavy (non-hydrogen) atoms. The van der Waals surface area contributed by atoms with Gasteiger partial charge in [-0.25, -0.2) is 4.79 Å². The summed E-state index contributed by atoms with van der Waals surface area (Å²) in [6.07, 6.45) is -0.832. The van der Waals surface area contributed by atoms with E-state index < -0.39 is 31.6 Å². The van der Waals surface area contributed by atoms with E-state index in [2.05, 4.69) is 0 Å². The summed E-state index contributed by atoms with van der Waals surface area (Å²) in [5.41, 5.74) is -1.05. The molecule has 0 spiro atoms. The van der Waals surface area contributed by atoms with E-state index in [4.69, 9.17) is 30.8 Å². The minimum atomic E-state index is -1.83. The summed E-state index contributed by atoms with van der Waals surface area (Å²) in [6.45, 7) is 1.34. The second-order valence-corrected chi connectivity index (χ2v) is 8.39. The molecule has 0 aromatic heterocycles. The van der Waals surface area contributed by atoms with E-state index in [1.54, 1.807) is 55.5 Å². The Morgan fingerprint density at radius 2 is 1.32 bits per heavy atom. The van der Waals surface area contributed by atoms with E-state index in [1.165, 1.54) is 0 Å². The van der Waals surface area contributed by atoms with Crippen molar-refractivity contribution in [2.24, 2.45) is 0 Å². The third-order valence-corrected chi connectivity index (χ3v) is 6.01. The number of nitrogens with zero attached hydrogens (tertiary/aromatic N) is 1. The van der Waals surface area contributed by atoms with E-state index in [-0.39, 0.29) is 13.2 Å². The number of rotatable bonds is 11. The highest BCUT2D eigenvalue weighted by atomic mass is 32.4. The van der Waals surface area contributed by atoms with Gasteiger partial charge in [-0.2, -0.15) is 4.90 Å². The molecule has 0 saturated carbocycles. The summed E-state index contributed by atoms with van der Waals surface area (Å²) >= 11 is 5.45. The lowest BCUT2D eigenvalue weighted by atomic mass is 10.2. The molecule has 1 unspecified atom stereocenters. The van der Waals surface area contributed by atoms with Crippen LogP contribution < -0.4 is 9.47 Å². The van der Waals surface area contributed by atoms with Gasteiger partial charge in [-0.15, -0.1) is 0 Å². The van der Waals surface area contributed by atoms with Gasteiger partial charge < -0.3 is 18.9 Å². The molecule has 0 fully saturated rings. The Morgan fingerprint density at radius 3 is 1.79 bits per heavy atom. The molecule has 0 aliphatic carbocycles. The highest BCUT2D eigenvalue weighted by molar-refractivity contribution is 7.97. The first kappa shape index (κ1) is 25.1. The van der Waals surface area contributed by atoms with E-state index in [1.807, 2.05) is 42.5 Å². The minimum Gasteiger partial charge on any atom is -0.465 e. The van der Waals surface area contributed by atoms with Crippen LogP contribution in [0.4, 0.5) is 4.79 Å². The minimum absolute atomic E-state index is 0.00765. The smallest absolute Gasteiger partial charge is 0.465 e. The van der Waals surface area contributed by atoms with Crippen LogP contribution in [0.25, 0.3) is 0 Å². The summed E-state index contributed by atoms with van der Waals surface area (Å²) in [6, 6.07) is 26.8. The van der Waals surface area contributed by atoms with Gasteiger partial charge >= 0.3 is 17.7 Å². The summed E-state index contributed by atoms with van der Waals surface area (Å²) in [5.74, 6) is 0.158. The Hall–Kier alpha value is -3.48. The zero-order valence-electron chi connectivity index (χ0n) is 18.6. The molecule has 0 bridgehead atoms. The SMILES string of the molecule is CCOC(=O)CN(C(=O)OCc1ccccc1)C(Oc1ccccc1)(Oc1ccccc1)[PH+]=S. The van der Waals surface area contributed by atoms with Crippen molar-refractivity contribution in [3.05, 3.63) is 96.6 Å². The van der Waals surface area contributed by atoms with Crippen molar-refractivity contribution < 1.29 is 28.5 Å². The molecule has 3 aromatic carbocycles. The second-order valence-electron chi connectivity index (χ2n) is 6.95. The molecular formula is C25H25NO6PS+. The third kappa shape index (κ3) is 7.01. The molecular weight excluding hydrogens is 473 g/mol. The van der Waals surface area contributed by atoms with E-state index in [9.17, 15) is 9.59 Å². The number of para-hydroxylation sites is 2. The normalized spacial score (nSPS) is 10.9. The zero-order chi connectivity index (χ0) is 24.2. The standard InChI is InChI=1S/C25H24NO6PS/c1-2-29-23(27)18-26(24(28)30-19-20-12-6-3-7-13-20)25(33-34,31-21-14-8-4-9-15-21)32-22-16-10-5-11-17-22/h3-17H,2,18-19H2,1H3/p+1. The van der Waals surface area contributed by atoms with Crippen LogP contribution in [0.1, 0.15) is 12.5 Å². The van der Waals surface area contributed by atoms with Gasteiger partial charge in [-0.3, -0.25) is 4.79 Å². The number of hydrogen-bond acceptors (Lipinski definition) is 7. The van der Waals surface area contributed by atoms with Crippen LogP contribution in [-0.2, 0) is 32.7 Å². The Bertz CT molecular complexity index is 1030. The van der Waals surface area contributed by atoms with Crippen LogP contribution in [0.2, 0.25) is 0 Å². The van der Waals surface area contributed by atoms with Crippen LogP contribution in [0, 0.1) is 0 Å². The van der Waals surface area contributed by atoms with Crippen molar-refractivity contribution in [3.8, 4) is 11.5 Å². The number of hydrogen-bond donors (Lipinski definition) is 0. The number of benzene rings is 3. The molecule has 0 heterocycles. The topological polar surface area (TPSA) is 74.3 Å². The van der Waals surface area contributed by atoms with Gasteiger partial charge in [0.1, 0.15) is 24.7 Å². The van der Waals surface area contributed by atoms with Crippen molar-refractivity contribution in [2.75, 3.05) is 13.2 Å². The van der Waals surface area contributed by atoms with Gasteiger partial charge in [0.2, 0.25) is 0 Å². The molecule has 0 aliphatic heterocycles. The van der Waals surface area contributed by atoms with Crippen LogP contribution in [0.5, 0.6) is 11.5 Å². The van der Waals surface area contributed by atoms with Crippen molar-refractivity contribution in [1.82, 2.24) is 4.90 Å². The maximum atomic E-state index is 13.3.